The van der Waals surface area contributed by atoms with Crippen LogP contribution in [0.5, 0.6) is 0 Å². The van der Waals surface area contributed by atoms with E-state index in [1.807, 2.05) is 0 Å². The molecule has 0 radical (unpaired) electrons. The zero-order valence-corrected chi connectivity index (χ0v) is 16.3. The van der Waals surface area contributed by atoms with Crippen molar-refractivity contribution in [3.05, 3.63) is 64.7 Å². The fourth-order valence-electron chi connectivity index (χ4n) is 2.85. The molecule has 0 spiro atoms. The first kappa shape index (κ1) is 19.7. The van der Waals surface area contributed by atoms with Gasteiger partial charge in [-0.15, -0.1) is 0 Å². The number of carbonyl (C=O) groups excluding carboxylic acids is 1. The predicted octanol–water partition coefficient (Wildman–Crippen LogP) is 2.68. The summed E-state index contributed by atoms with van der Waals surface area (Å²) >= 11 is 5.90. The maximum atomic E-state index is 12.3. The highest BCUT2D eigenvalue weighted by molar-refractivity contribution is 7.91. The fraction of sp³-hybridized carbons (Fsp3) is 0.316. The number of hydrogen-bond acceptors (Lipinski definition) is 4. The normalized spacial score (nSPS) is 14.8. The minimum atomic E-state index is -3.56. The summed E-state index contributed by atoms with van der Waals surface area (Å²) in [6, 6.07) is 13.6. The predicted molar refractivity (Wildman–Crippen MR) is 105 cm³/mol. The van der Waals surface area contributed by atoms with Crippen LogP contribution in [0.2, 0.25) is 5.02 Å². The third-order valence-corrected chi connectivity index (χ3v) is 5.69. The largest absolute Gasteiger partial charge is 0.378 e. The molecule has 1 heterocycles. The van der Waals surface area contributed by atoms with Gasteiger partial charge in [-0.05, 0) is 35.4 Å². The molecule has 27 heavy (non-hydrogen) atoms. The maximum absolute atomic E-state index is 12.3. The van der Waals surface area contributed by atoms with Gasteiger partial charge < -0.3 is 9.64 Å². The van der Waals surface area contributed by atoms with Gasteiger partial charge >= 0.3 is 0 Å². The van der Waals surface area contributed by atoms with Crippen LogP contribution >= 0.6 is 11.6 Å². The lowest BCUT2D eigenvalue weighted by molar-refractivity contribution is -0.134. The van der Waals surface area contributed by atoms with Crippen LogP contribution in [0.4, 0.5) is 5.69 Å². The number of rotatable bonds is 6. The van der Waals surface area contributed by atoms with E-state index in [0.29, 0.717) is 42.6 Å². The molecule has 144 valence electrons. The van der Waals surface area contributed by atoms with E-state index in [1.54, 1.807) is 53.4 Å². The minimum absolute atomic E-state index is 0.0487. The van der Waals surface area contributed by atoms with Gasteiger partial charge in [0.15, 0.2) is 0 Å². The van der Waals surface area contributed by atoms with Crippen LogP contribution in [0.25, 0.3) is 0 Å². The molecule has 0 saturated carbocycles. The Hall–Kier alpha value is -2.09. The topological polar surface area (TPSA) is 75.7 Å². The highest BCUT2D eigenvalue weighted by Gasteiger charge is 2.17. The van der Waals surface area contributed by atoms with E-state index in [0.717, 1.165) is 5.56 Å². The van der Waals surface area contributed by atoms with Gasteiger partial charge in [0.1, 0.15) is 0 Å². The molecule has 1 aliphatic heterocycles. The first-order valence-corrected chi connectivity index (χ1v) is 10.6. The molecule has 6 nitrogen and oxygen atoms in total. The Morgan fingerprint density at radius 2 is 1.78 bits per heavy atom. The summed E-state index contributed by atoms with van der Waals surface area (Å²) in [5, 5.41) is 0.497. The van der Waals surface area contributed by atoms with Gasteiger partial charge in [0.25, 0.3) is 0 Å². The van der Waals surface area contributed by atoms with Gasteiger partial charge in [-0.1, -0.05) is 35.9 Å². The Labute approximate surface area is 164 Å². The number of nitrogens with one attached hydrogen (secondary N) is 1. The Balaban J connectivity index is 1.58. The summed E-state index contributed by atoms with van der Waals surface area (Å²) in [5.41, 5.74) is 1.91. The number of nitrogens with zero attached hydrogens (tertiary/aromatic N) is 1. The van der Waals surface area contributed by atoms with Crippen molar-refractivity contribution in [3.8, 4) is 0 Å². The zero-order valence-electron chi connectivity index (χ0n) is 14.7. The van der Waals surface area contributed by atoms with Crippen LogP contribution in [-0.2, 0) is 31.7 Å². The summed E-state index contributed by atoms with van der Waals surface area (Å²) in [7, 11) is -3.56. The Morgan fingerprint density at radius 3 is 2.44 bits per heavy atom. The molecule has 1 aliphatic rings. The standard InChI is InChI=1S/C19H21ClN2O4S/c20-17-3-1-2-16(12-17)14-27(24,25)21-18-6-4-15(5-7-18)13-19(23)22-8-10-26-11-9-22/h1-7,12,21H,8-11,13-14H2. The maximum Gasteiger partial charge on any atom is 0.236 e. The minimum Gasteiger partial charge on any atom is -0.378 e. The second-order valence-corrected chi connectivity index (χ2v) is 8.52. The van der Waals surface area contributed by atoms with Crippen molar-refractivity contribution in [1.82, 2.24) is 4.90 Å². The van der Waals surface area contributed by atoms with Gasteiger partial charge in [-0.25, -0.2) is 8.42 Å². The van der Waals surface area contributed by atoms with Crippen LogP contribution in [0.1, 0.15) is 11.1 Å². The molecule has 0 aliphatic carbocycles. The van der Waals surface area contributed by atoms with E-state index in [1.165, 1.54) is 0 Å². The molecule has 1 N–H and O–H groups in total. The van der Waals surface area contributed by atoms with Crippen molar-refractivity contribution >= 4 is 33.2 Å². The van der Waals surface area contributed by atoms with Gasteiger partial charge in [-0.3, -0.25) is 9.52 Å². The highest BCUT2D eigenvalue weighted by atomic mass is 35.5. The van der Waals surface area contributed by atoms with Crippen molar-refractivity contribution in [1.29, 1.82) is 0 Å². The van der Waals surface area contributed by atoms with E-state index < -0.39 is 10.0 Å². The average Bonchev–Trinajstić information content (AvgIpc) is 2.63. The van der Waals surface area contributed by atoms with Gasteiger partial charge in [0.2, 0.25) is 15.9 Å². The Morgan fingerprint density at radius 1 is 1.07 bits per heavy atom. The van der Waals surface area contributed by atoms with E-state index >= 15 is 0 Å². The Bertz CT molecular complexity index is 894. The van der Waals surface area contributed by atoms with E-state index in [9.17, 15) is 13.2 Å². The van der Waals surface area contributed by atoms with E-state index in [2.05, 4.69) is 4.72 Å². The summed E-state index contributed by atoms with van der Waals surface area (Å²) in [5.74, 6) is -0.113. The summed E-state index contributed by atoms with van der Waals surface area (Å²) in [6.45, 7) is 2.36. The molecule has 1 amide bonds. The van der Waals surface area contributed by atoms with E-state index in [4.69, 9.17) is 16.3 Å². The van der Waals surface area contributed by atoms with Crippen molar-refractivity contribution in [2.45, 2.75) is 12.2 Å². The number of anilines is 1. The molecule has 0 aromatic heterocycles. The van der Waals surface area contributed by atoms with Crippen LogP contribution in [0.3, 0.4) is 0 Å². The molecular weight excluding hydrogens is 388 g/mol. The molecule has 0 bridgehead atoms. The van der Waals surface area contributed by atoms with Crippen LogP contribution in [0.15, 0.2) is 48.5 Å². The summed E-state index contributed by atoms with van der Waals surface area (Å²) < 4.78 is 32.4. The SMILES string of the molecule is O=C(Cc1ccc(NS(=O)(=O)Cc2cccc(Cl)c2)cc1)N1CCOCC1. The smallest absolute Gasteiger partial charge is 0.236 e. The zero-order chi connectivity index (χ0) is 19.3. The molecular formula is C19H21ClN2O4S. The first-order valence-electron chi connectivity index (χ1n) is 8.61. The fourth-order valence-corrected chi connectivity index (χ4v) is 4.25. The third-order valence-electron chi connectivity index (χ3n) is 4.19. The van der Waals surface area contributed by atoms with Gasteiger partial charge in [-0.2, -0.15) is 0 Å². The van der Waals surface area contributed by atoms with Crippen molar-refractivity contribution < 1.29 is 17.9 Å². The number of ether oxygens (including phenoxy) is 1. The molecule has 0 unspecified atom stereocenters. The highest BCUT2D eigenvalue weighted by Crippen LogP contribution is 2.17. The molecule has 8 heteroatoms. The second kappa shape index (κ2) is 8.73. The monoisotopic (exact) mass is 408 g/mol. The Kier molecular flexibility index (Phi) is 6.36. The number of amides is 1. The summed E-state index contributed by atoms with van der Waals surface area (Å²) in [6.07, 6.45) is 0.287. The molecule has 1 fully saturated rings. The number of hydrogen-bond donors (Lipinski definition) is 1. The molecule has 1 saturated heterocycles. The van der Waals surface area contributed by atoms with Crippen molar-refractivity contribution in [2.75, 3.05) is 31.0 Å². The number of morpholine rings is 1. The van der Waals surface area contributed by atoms with Crippen LogP contribution < -0.4 is 4.72 Å². The first-order chi connectivity index (χ1) is 12.9. The molecule has 3 rings (SSSR count). The van der Waals surface area contributed by atoms with Crippen LogP contribution in [-0.4, -0.2) is 45.5 Å². The number of benzene rings is 2. The lowest BCUT2D eigenvalue weighted by Gasteiger charge is -2.26. The second-order valence-electron chi connectivity index (χ2n) is 6.36. The quantitative estimate of drug-likeness (QED) is 0.797. The van der Waals surface area contributed by atoms with Crippen molar-refractivity contribution in [2.24, 2.45) is 0 Å². The lowest BCUT2D eigenvalue weighted by Crippen LogP contribution is -2.41. The number of carbonyl (C=O) groups is 1. The third kappa shape index (κ3) is 5.95. The average molecular weight is 409 g/mol. The molecule has 2 aromatic rings. The molecule has 0 atom stereocenters. The molecule has 2 aromatic carbocycles. The summed E-state index contributed by atoms with van der Waals surface area (Å²) in [4.78, 5) is 14.0. The lowest BCUT2D eigenvalue weighted by atomic mass is 10.1. The van der Waals surface area contributed by atoms with Crippen molar-refractivity contribution in [3.63, 3.8) is 0 Å². The number of halogens is 1. The van der Waals surface area contributed by atoms with Crippen LogP contribution in [0, 0.1) is 0 Å². The van der Waals surface area contributed by atoms with E-state index in [-0.39, 0.29) is 18.1 Å². The number of sulfonamides is 1. The van der Waals surface area contributed by atoms with Gasteiger partial charge in [0, 0.05) is 23.8 Å². The van der Waals surface area contributed by atoms with Gasteiger partial charge in [0.05, 0.1) is 25.4 Å².